The van der Waals surface area contributed by atoms with Gasteiger partial charge in [-0.3, -0.25) is 4.57 Å². The average molecular weight is 344 g/mol. The molecule has 22 heavy (non-hydrogen) atoms. The van der Waals surface area contributed by atoms with Gasteiger partial charge in [0.2, 0.25) is 6.35 Å². The fourth-order valence-electron chi connectivity index (χ4n) is 2.46. The number of ether oxygens (including phenoxy) is 2. The second kappa shape index (κ2) is 6.35. The Kier molecular flexibility index (Phi) is 4.46. The number of imidazole rings is 1. The van der Waals surface area contributed by atoms with E-state index < -0.39 is 20.8 Å². The molecule has 1 aliphatic rings. The predicted octanol–water partition coefficient (Wildman–Crippen LogP) is 0.718. The van der Waals surface area contributed by atoms with Gasteiger partial charge in [-0.15, -0.1) is 0 Å². The van der Waals surface area contributed by atoms with E-state index >= 15 is 0 Å². The number of aromatic amines is 1. The predicted molar refractivity (Wildman–Crippen MR) is 81.5 cm³/mol. The highest BCUT2D eigenvalue weighted by Gasteiger charge is 2.36. The molecule has 0 spiro atoms. The van der Waals surface area contributed by atoms with E-state index in [4.69, 9.17) is 27.4 Å². The number of H-pyrrole nitrogens is 1. The van der Waals surface area contributed by atoms with Gasteiger partial charge in [0.25, 0.3) is 0 Å². The second-order valence-corrected chi connectivity index (χ2v) is 5.85. The van der Waals surface area contributed by atoms with Gasteiger partial charge in [0.05, 0.1) is 19.0 Å². The Morgan fingerprint density at radius 2 is 2.50 bits per heavy atom. The maximum Gasteiger partial charge on any atom is 0.353 e. The van der Waals surface area contributed by atoms with E-state index in [0.29, 0.717) is 23.4 Å². The smallest absolute Gasteiger partial charge is 0.353 e. The van der Waals surface area contributed by atoms with Crippen molar-refractivity contribution in [2.75, 3.05) is 18.7 Å². The highest BCUT2D eigenvalue weighted by Crippen LogP contribution is 2.31. The van der Waals surface area contributed by atoms with Crippen molar-refractivity contribution in [2.45, 2.75) is 24.9 Å². The third-order valence-corrected chi connectivity index (χ3v) is 3.89. The fourth-order valence-corrected chi connectivity index (χ4v) is 2.86. The number of hydrogen-bond acceptors (Lipinski definition) is 8. The highest BCUT2D eigenvalue weighted by molar-refractivity contribution is 7.71. The quantitative estimate of drug-likeness (QED) is 0.411. The van der Waals surface area contributed by atoms with Crippen LogP contribution in [0.15, 0.2) is 6.33 Å². The number of aliphatic hydroxyl groups excluding tert-OH is 1. The fraction of sp³-hybridized carbons (Fsp3) is 0.545. The minimum atomic E-state index is -0.735. The molecular weight excluding hydrogens is 329 g/mol. The maximum absolute atomic E-state index is 10.4. The van der Waals surface area contributed by atoms with Crippen LogP contribution in [-0.4, -0.2) is 49.8 Å². The largest absolute Gasteiger partial charge is 0.388 e. The van der Waals surface area contributed by atoms with E-state index in [9.17, 15) is 9.67 Å². The molecule has 0 saturated carbocycles. The Balaban J connectivity index is 1.85. The van der Waals surface area contributed by atoms with Gasteiger partial charge in [-0.2, -0.15) is 4.98 Å². The zero-order valence-electron chi connectivity index (χ0n) is 11.4. The summed E-state index contributed by atoms with van der Waals surface area (Å²) in [6.45, 7) is 0.269. The first-order chi connectivity index (χ1) is 10.6. The molecule has 0 aromatic carbocycles. The number of aliphatic hydroxyl groups is 1. The Morgan fingerprint density at radius 3 is 3.27 bits per heavy atom. The first kappa shape index (κ1) is 15.4. The molecule has 1 aliphatic heterocycles. The molecule has 9 nitrogen and oxygen atoms in total. The molecule has 4 N–H and O–H groups in total. The van der Waals surface area contributed by atoms with Crippen molar-refractivity contribution in [2.24, 2.45) is 0 Å². The molecule has 0 bridgehead atoms. The van der Waals surface area contributed by atoms with E-state index in [-0.39, 0.29) is 23.8 Å². The lowest BCUT2D eigenvalue weighted by atomic mass is 10.2. The summed E-state index contributed by atoms with van der Waals surface area (Å²) < 4.78 is 23.2. The van der Waals surface area contributed by atoms with Crippen LogP contribution in [0.3, 0.4) is 0 Å². The first-order valence-electron chi connectivity index (χ1n) is 6.58. The van der Waals surface area contributed by atoms with Crippen LogP contribution >= 0.6 is 20.7 Å². The van der Waals surface area contributed by atoms with Gasteiger partial charge < -0.3 is 25.3 Å². The van der Waals surface area contributed by atoms with E-state index in [2.05, 4.69) is 15.0 Å². The zero-order valence-corrected chi connectivity index (χ0v) is 13.2. The van der Waals surface area contributed by atoms with Crippen molar-refractivity contribution in [3.8, 4) is 0 Å². The van der Waals surface area contributed by atoms with Gasteiger partial charge in [-0.05, 0) is 12.2 Å². The summed E-state index contributed by atoms with van der Waals surface area (Å²) in [7, 11) is -0.514. The monoisotopic (exact) mass is 344 g/mol. The van der Waals surface area contributed by atoms with Crippen LogP contribution in [0.2, 0.25) is 0 Å². The Hall–Kier alpha value is -1.45. The molecule has 11 heteroatoms. The molecule has 2 aromatic heterocycles. The minimum absolute atomic E-state index is 0.155. The summed E-state index contributed by atoms with van der Waals surface area (Å²) in [6.07, 6.45) is 0.402. The van der Waals surface area contributed by atoms with E-state index in [0.717, 1.165) is 0 Å². The van der Waals surface area contributed by atoms with Crippen molar-refractivity contribution in [3.05, 3.63) is 11.1 Å². The molecule has 118 valence electrons. The van der Waals surface area contributed by atoms with Gasteiger partial charge in [0.1, 0.15) is 17.4 Å². The van der Waals surface area contributed by atoms with Crippen LogP contribution in [-0.2, 0) is 14.0 Å². The molecular formula is C11H15N5O4PS+. The van der Waals surface area contributed by atoms with Crippen LogP contribution in [0.4, 0.5) is 5.82 Å². The Bertz CT molecular complexity index is 750. The lowest BCUT2D eigenvalue weighted by molar-refractivity contribution is -0.0557. The number of anilines is 1. The molecule has 1 saturated heterocycles. The third-order valence-electron chi connectivity index (χ3n) is 3.38. The summed E-state index contributed by atoms with van der Waals surface area (Å²) in [6, 6.07) is 0. The summed E-state index contributed by atoms with van der Waals surface area (Å²) in [5.41, 5.74) is 6.74. The number of nitrogens with one attached hydrogen (secondary N) is 1. The Morgan fingerprint density at radius 1 is 1.68 bits per heavy atom. The third kappa shape index (κ3) is 2.88. The normalized spacial score (nSPS) is 25.2. The average Bonchev–Trinajstić information content (AvgIpc) is 3.03. The summed E-state index contributed by atoms with van der Waals surface area (Å²) in [5, 5.41) is 10.2. The van der Waals surface area contributed by atoms with Crippen LogP contribution in [0.5, 0.6) is 0 Å². The van der Waals surface area contributed by atoms with Crippen molar-refractivity contribution in [1.82, 2.24) is 19.5 Å². The number of nitrogens with two attached hydrogens (primary N) is 1. The van der Waals surface area contributed by atoms with Gasteiger partial charge in [0, 0.05) is 6.42 Å². The molecule has 3 rings (SSSR count). The zero-order chi connectivity index (χ0) is 15.7. The maximum atomic E-state index is 10.4. The lowest BCUT2D eigenvalue weighted by Gasteiger charge is -2.16. The molecule has 1 fully saturated rings. The minimum Gasteiger partial charge on any atom is -0.388 e. The van der Waals surface area contributed by atoms with Gasteiger partial charge in [-0.1, -0.05) is 4.57 Å². The summed E-state index contributed by atoms with van der Waals surface area (Å²) in [5.74, 6) is 0.317. The summed E-state index contributed by atoms with van der Waals surface area (Å²) >= 11 is 5.01. The number of nitrogen functional groups attached to an aromatic ring is 1. The SMILES string of the molecule is Nc1[nH]c(=S)nc2c1ncn2C1OC(COC[PH+]=O)CC1O. The van der Waals surface area contributed by atoms with Crippen LogP contribution in [0.1, 0.15) is 12.6 Å². The number of rotatable bonds is 5. The molecule has 0 radical (unpaired) electrons. The van der Waals surface area contributed by atoms with Crippen molar-refractivity contribution in [1.29, 1.82) is 0 Å². The van der Waals surface area contributed by atoms with Crippen LogP contribution in [0, 0.1) is 4.77 Å². The lowest BCUT2D eigenvalue weighted by Crippen LogP contribution is -2.19. The number of fused-ring (bicyclic) bond motifs is 1. The van der Waals surface area contributed by atoms with E-state index in [1.54, 1.807) is 4.57 Å². The Labute approximate surface area is 131 Å². The van der Waals surface area contributed by atoms with Crippen molar-refractivity contribution >= 4 is 37.7 Å². The summed E-state index contributed by atoms with van der Waals surface area (Å²) in [4.78, 5) is 11.1. The molecule has 0 amide bonds. The highest BCUT2D eigenvalue weighted by atomic mass is 32.1. The van der Waals surface area contributed by atoms with Crippen molar-refractivity contribution in [3.63, 3.8) is 0 Å². The number of hydrogen-bond donors (Lipinski definition) is 3. The van der Waals surface area contributed by atoms with E-state index in [1.165, 1.54) is 6.33 Å². The standard InChI is InChI=1S/C11H14N5O4PS/c12-8-7-9(15-11(22)14-8)16(3-13-7)10-6(17)1-5(20-10)2-19-4-21-18/h3,5-6,10,17H,1-2,4H2,(H3,12,14,15,22)/p+1. The molecule has 4 atom stereocenters. The second-order valence-electron chi connectivity index (χ2n) is 4.89. The topological polar surface area (TPSA) is 128 Å². The molecule has 2 aromatic rings. The van der Waals surface area contributed by atoms with Gasteiger partial charge in [0.15, 0.2) is 16.6 Å². The van der Waals surface area contributed by atoms with Gasteiger partial charge in [-0.25, -0.2) is 4.98 Å². The number of nitrogens with zero attached hydrogens (tertiary/aromatic N) is 3. The van der Waals surface area contributed by atoms with E-state index in [1.807, 2.05) is 0 Å². The van der Waals surface area contributed by atoms with Crippen LogP contribution < -0.4 is 5.73 Å². The van der Waals surface area contributed by atoms with Crippen LogP contribution in [0.25, 0.3) is 11.2 Å². The molecule has 3 heterocycles. The molecule has 0 aliphatic carbocycles. The van der Waals surface area contributed by atoms with Crippen molar-refractivity contribution < 1.29 is 19.1 Å². The number of aromatic nitrogens is 4. The first-order valence-corrected chi connectivity index (χ1v) is 8.11. The molecule has 4 unspecified atom stereocenters. The van der Waals surface area contributed by atoms with Gasteiger partial charge >= 0.3 is 8.46 Å².